The Balaban J connectivity index is 1.86. The van der Waals surface area contributed by atoms with Crippen LogP contribution in [0.4, 0.5) is 0 Å². The van der Waals surface area contributed by atoms with Gasteiger partial charge in [-0.2, -0.15) is 0 Å². The van der Waals surface area contributed by atoms with Gasteiger partial charge < -0.3 is 10.1 Å². The van der Waals surface area contributed by atoms with E-state index in [0.29, 0.717) is 11.6 Å². The number of hydrogen-bond donors (Lipinski definition) is 3. The Morgan fingerprint density at radius 1 is 1.58 bits per heavy atom. The van der Waals surface area contributed by atoms with E-state index in [0.717, 1.165) is 13.0 Å². The molecule has 0 bridgehead atoms. The zero-order chi connectivity index (χ0) is 13.8. The molecular formula is C13H19N3O3. The lowest BCUT2D eigenvalue weighted by Crippen LogP contribution is -2.44. The first-order valence-corrected chi connectivity index (χ1v) is 6.44. The number of hydrogen-bond acceptors (Lipinski definition) is 4. The van der Waals surface area contributed by atoms with Gasteiger partial charge in [0.1, 0.15) is 5.69 Å². The summed E-state index contributed by atoms with van der Waals surface area (Å²) >= 11 is 0. The predicted molar refractivity (Wildman–Crippen MR) is 69.5 cm³/mol. The van der Waals surface area contributed by atoms with Crippen molar-refractivity contribution in [1.29, 1.82) is 0 Å². The molecule has 0 saturated carbocycles. The van der Waals surface area contributed by atoms with E-state index < -0.39 is 5.91 Å². The fourth-order valence-corrected chi connectivity index (χ4v) is 2.47. The lowest BCUT2D eigenvalue weighted by atomic mass is 10.0. The lowest BCUT2D eigenvalue weighted by molar-refractivity contribution is -0.121. The minimum atomic E-state index is -0.428. The number of aromatic amines is 1. The molecule has 1 aliphatic rings. The molecule has 3 N–H and O–H groups in total. The van der Waals surface area contributed by atoms with Gasteiger partial charge in [0, 0.05) is 12.2 Å². The van der Waals surface area contributed by atoms with Gasteiger partial charge in [0.05, 0.1) is 13.2 Å². The normalized spacial score (nSPS) is 23.5. The second-order valence-corrected chi connectivity index (χ2v) is 4.95. The number of aliphatic hydroxyl groups excluding tert-OH is 1. The fourth-order valence-electron chi connectivity index (χ4n) is 2.47. The van der Waals surface area contributed by atoms with E-state index in [-0.39, 0.29) is 25.1 Å². The van der Waals surface area contributed by atoms with Crippen molar-refractivity contribution < 1.29 is 14.7 Å². The summed E-state index contributed by atoms with van der Waals surface area (Å²) in [5, 5.41) is 11.6. The maximum absolute atomic E-state index is 11.8. The molecule has 0 aliphatic carbocycles. The fraction of sp³-hybridized carbons (Fsp3) is 0.538. The molecule has 6 nitrogen and oxygen atoms in total. The number of rotatable bonds is 4. The Morgan fingerprint density at radius 3 is 3.00 bits per heavy atom. The average Bonchev–Trinajstić information content (AvgIpc) is 2.99. The maximum atomic E-state index is 11.8. The Labute approximate surface area is 111 Å². The van der Waals surface area contributed by atoms with Gasteiger partial charge in [0.15, 0.2) is 0 Å². The molecule has 6 heteroatoms. The summed E-state index contributed by atoms with van der Waals surface area (Å²) in [4.78, 5) is 28.1. The van der Waals surface area contributed by atoms with Crippen LogP contribution in [0.2, 0.25) is 0 Å². The van der Waals surface area contributed by atoms with Gasteiger partial charge in [0.25, 0.3) is 5.91 Å². The van der Waals surface area contributed by atoms with Gasteiger partial charge in [-0.15, -0.1) is 0 Å². The highest BCUT2D eigenvalue weighted by atomic mass is 16.3. The minimum Gasteiger partial charge on any atom is -0.395 e. The molecule has 19 heavy (non-hydrogen) atoms. The first-order valence-electron chi connectivity index (χ1n) is 6.44. The van der Waals surface area contributed by atoms with Crippen LogP contribution in [0.3, 0.4) is 0 Å². The molecule has 104 valence electrons. The third-order valence-corrected chi connectivity index (χ3v) is 3.63. The number of imide groups is 1. The summed E-state index contributed by atoms with van der Waals surface area (Å²) < 4.78 is 0. The minimum absolute atomic E-state index is 0.00587. The van der Waals surface area contributed by atoms with Crippen LogP contribution >= 0.6 is 0 Å². The highest BCUT2D eigenvalue weighted by Gasteiger charge is 2.31. The maximum Gasteiger partial charge on any atom is 0.274 e. The summed E-state index contributed by atoms with van der Waals surface area (Å²) in [6.07, 6.45) is 2.59. The van der Waals surface area contributed by atoms with Crippen LogP contribution in [0, 0.1) is 5.92 Å². The van der Waals surface area contributed by atoms with Crippen LogP contribution < -0.4 is 5.32 Å². The van der Waals surface area contributed by atoms with E-state index in [1.165, 1.54) is 0 Å². The molecule has 0 radical (unpaired) electrons. The van der Waals surface area contributed by atoms with Crippen LogP contribution in [-0.4, -0.2) is 52.5 Å². The Hall–Kier alpha value is -1.66. The second kappa shape index (κ2) is 5.99. The number of amides is 2. The standard InChI is InChI=1S/C13H19N3O3/c1-9-4-6-16(11(9)8-17)7-12(18)15-13(19)10-3-2-5-14-10/h2-3,5,9,11,14,17H,4,6-8H2,1H3,(H,15,18,19). The van der Waals surface area contributed by atoms with Gasteiger partial charge in [0.2, 0.25) is 5.91 Å². The third-order valence-electron chi connectivity index (χ3n) is 3.63. The molecule has 1 aromatic heterocycles. The van der Waals surface area contributed by atoms with Crippen molar-refractivity contribution in [3.8, 4) is 0 Å². The zero-order valence-corrected chi connectivity index (χ0v) is 10.9. The number of aliphatic hydroxyl groups is 1. The highest BCUT2D eigenvalue weighted by Crippen LogP contribution is 2.22. The molecule has 2 rings (SSSR count). The van der Waals surface area contributed by atoms with Crippen molar-refractivity contribution in [3.63, 3.8) is 0 Å². The molecule has 1 fully saturated rings. The summed E-state index contributed by atoms with van der Waals surface area (Å²) in [6.45, 7) is 3.01. The number of likely N-dealkylation sites (tertiary alicyclic amines) is 1. The van der Waals surface area contributed by atoms with Crippen LogP contribution in [-0.2, 0) is 4.79 Å². The Bertz CT molecular complexity index is 444. The van der Waals surface area contributed by atoms with Crippen molar-refractivity contribution in [2.45, 2.75) is 19.4 Å². The molecule has 2 heterocycles. The van der Waals surface area contributed by atoms with Gasteiger partial charge >= 0.3 is 0 Å². The van der Waals surface area contributed by atoms with E-state index in [9.17, 15) is 14.7 Å². The summed E-state index contributed by atoms with van der Waals surface area (Å²) in [5.74, 6) is -0.396. The van der Waals surface area contributed by atoms with E-state index in [2.05, 4.69) is 17.2 Å². The van der Waals surface area contributed by atoms with Crippen molar-refractivity contribution in [2.24, 2.45) is 5.92 Å². The van der Waals surface area contributed by atoms with E-state index in [1.807, 2.05) is 4.90 Å². The van der Waals surface area contributed by atoms with Crippen molar-refractivity contribution >= 4 is 11.8 Å². The molecule has 1 aliphatic heterocycles. The number of aromatic nitrogens is 1. The molecule has 1 aromatic rings. The lowest BCUT2D eigenvalue weighted by Gasteiger charge is -2.23. The molecule has 2 atom stereocenters. The van der Waals surface area contributed by atoms with Crippen molar-refractivity contribution in [3.05, 3.63) is 24.0 Å². The van der Waals surface area contributed by atoms with E-state index >= 15 is 0 Å². The molecule has 0 aromatic carbocycles. The Morgan fingerprint density at radius 2 is 2.37 bits per heavy atom. The van der Waals surface area contributed by atoms with Gasteiger partial charge in [-0.3, -0.25) is 19.8 Å². The molecule has 0 spiro atoms. The molecule has 2 amide bonds. The van der Waals surface area contributed by atoms with Crippen LogP contribution in [0.15, 0.2) is 18.3 Å². The number of nitrogens with one attached hydrogen (secondary N) is 2. The van der Waals surface area contributed by atoms with E-state index in [4.69, 9.17) is 0 Å². The number of carbonyl (C=O) groups is 2. The monoisotopic (exact) mass is 265 g/mol. The molecular weight excluding hydrogens is 246 g/mol. The van der Waals surface area contributed by atoms with Gasteiger partial charge in [-0.1, -0.05) is 6.92 Å². The van der Waals surface area contributed by atoms with Crippen molar-refractivity contribution in [1.82, 2.24) is 15.2 Å². The first kappa shape index (κ1) is 13.8. The average molecular weight is 265 g/mol. The summed E-state index contributed by atoms with van der Waals surface area (Å²) in [5.41, 5.74) is 0.363. The first-order chi connectivity index (χ1) is 9.11. The quantitative estimate of drug-likeness (QED) is 0.714. The number of nitrogens with zero attached hydrogens (tertiary/aromatic N) is 1. The highest BCUT2D eigenvalue weighted by molar-refractivity contribution is 6.04. The van der Waals surface area contributed by atoms with E-state index in [1.54, 1.807) is 18.3 Å². The predicted octanol–water partition coefficient (Wildman–Crippen LogP) is -0.0262. The zero-order valence-electron chi connectivity index (χ0n) is 10.9. The van der Waals surface area contributed by atoms with Gasteiger partial charge in [-0.25, -0.2) is 0 Å². The Kier molecular flexibility index (Phi) is 4.34. The molecule has 2 unspecified atom stereocenters. The van der Waals surface area contributed by atoms with Crippen molar-refractivity contribution in [2.75, 3.05) is 19.7 Å². The summed E-state index contributed by atoms with van der Waals surface area (Å²) in [7, 11) is 0. The largest absolute Gasteiger partial charge is 0.395 e. The van der Waals surface area contributed by atoms with Crippen LogP contribution in [0.25, 0.3) is 0 Å². The smallest absolute Gasteiger partial charge is 0.274 e. The van der Waals surface area contributed by atoms with Crippen LogP contribution in [0.1, 0.15) is 23.8 Å². The number of carbonyl (C=O) groups excluding carboxylic acids is 2. The summed E-state index contributed by atoms with van der Waals surface area (Å²) in [6, 6.07) is 3.31. The SMILES string of the molecule is CC1CCN(CC(=O)NC(=O)c2ccc[nH]2)C1CO. The van der Waals surface area contributed by atoms with Gasteiger partial charge in [-0.05, 0) is 31.0 Å². The molecule has 1 saturated heterocycles. The number of H-pyrrole nitrogens is 1. The third kappa shape index (κ3) is 3.21. The topological polar surface area (TPSA) is 85.4 Å². The second-order valence-electron chi connectivity index (χ2n) is 4.95. The van der Waals surface area contributed by atoms with Crippen LogP contribution in [0.5, 0.6) is 0 Å².